The fourth-order valence-electron chi connectivity index (χ4n) is 2.37. The number of ether oxygens (including phenoxy) is 1. The number of rotatable bonds is 4. The molecule has 0 aliphatic heterocycles. The molecule has 0 bridgehead atoms. The van der Waals surface area contributed by atoms with Gasteiger partial charge in [-0.15, -0.1) is 0 Å². The van der Waals surface area contributed by atoms with Crippen molar-refractivity contribution in [3.05, 3.63) is 63.7 Å². The third kappa shape index (κ3) is 3.78. The summed E-state index contributed by atoms with van der Waals surface area (Å²) in [6.45, 7) is 8.00. The smallest absolute Gasteiger partial charge is 0.126 e. The minimum Gasteiger partial charge on any atom is -0.488 e. The molecule has 2 nitrogen and oxygen atoms in total. The minimum absolute atomic E-state index is 0.357. The van der Waals surface area contributed by atoms with Gasteiger partial charge in [0.25, 0.3) is 0 Å². The molecule has 0 aromatic heterocycles. The van der Waals surface area contributed by atoms with Crippen LogP contribution in [0.5, 0.6) is 5.75 Å². The molecule has 21 heavy (non-hydrogen) atoms. The van der Waals surface area contributed by atoms with Gasteiger partial charge in [-0.1, -0.05) is 29.8 Å². The maximum absolute atomic E-state index is 10.6. The third-order valence-corrected chi connectivity index (χ3v) is 4.00. The zero-order valence-electron chi connectivity index (χ0n) is 12.9. The molecular weight excluding hydrogens is 284 g/mol. The molecule has 0 saturated heterocycles. The van der Waals surface area contributed by atoms with E-state index in [9.17, 15) is 5.11 Å². The van der Waals surface area contributed by atoms with E-state index < -0.39 is 6.10 Å². The first-order chi connectivity index (χ1) is 9.88. The van der Waals surface area contributed by atoms with Gasteiger partial charge in [0.05, 0.1) is 0 Å². The average molecular weight is 305 g/mol. The van der Waals surface area contributed by atoms with E-state index in [1.54, 1.807) is 12.1 Å². The van der Waals surface area contributed by atoms with Crippen LogP contribution in [-0.2, 0) is 0 Å². The van der Waals surface area contributed by atoms with Crippen molar-refractivity contribution in [2.45, 2.75) is 39.9 Å². The predicted octanol–water partition coefficient (Wildman–Crippen LogP) is 4.77. The molecule has 0 saturated carbocycles. The molecule has 0 fully saturated rings. The Balaban J connectivity index is 2.19. The van der Waals surface area contributed by atoms with Crippen LogP contribution in [0.2, 0.25) is 5.02 Å². The van der Waals surface area contributed by atoms with Crippen LogP contribution in [0.3, 0.4) is 0 Å². The van der Waals surface area contributed by atoms with Crippen LogP contribution in [0.25, 0.3) is 0 Å². The van der Waals surface area contributed by atoms with Gasteiger partial charge in [0, 0.05) is 5.02 Å². The topological polar surface area (TPSA) is 29.5 Å². The highest BCUT2D eigenvalue weighted by molar-refractivity contribution is 6.30. The Bertz CT molecular complexity index is 637. The van der Waals surface area contributed by atoms with Gasteiger partial charge in [-0.2, -0.15) is 0 Å². The lowest BCUT2D eigenvalue weighted by Crippen LogP contribution is -2.22. The summed E-state index contributed by atoms with van der Waals surface area (Å²) in [6, 6.07) is 11.3. The highest BCUT2D eigenvalue weighted by Gasteiger charge is 2.20. The fraction of sp³-hybridized carbons (Fsp3) is 0.333. The lowest BCUT2D eigenvalue weighted by atomic mass is 9.95. The van der Waals surface area contributed by atoms with E-state index in [-0.39, 0.29) is 6.10 Å². The van der Waals surface area contributed by atoms with Crippen LogP contribution in [-0.4, -0.2) is 11.2 Å². The predicted molar refractivity (Wildman–Crippen MR) is 87.2 cm³/mol. The van der Waals surface area contributed by atoms with E-state index in [4.69, 9.17) is 16.3 Å². The second kappa shape index (κ2) is 6.50. The monoisotopic (exact) mass is 304 g/mol. The second-order valence-corrected chi connectivity index (χ2v) is 5.95. The van der Waals surface area contributed by atoms with Crippen LogP contribution >= 0.6 is 11.6 Å². The van der Waals surface area contributed by atoms with Gasteiger partial charge >= 0.3 is 0 Å². The number of halogens is 1. The summed E-state index contributed by atoms with van der Waals surface area (Å²) in [5.74, 6) is 0.663. The summed E-state index contributed by atoms with van der Waals surface area (Å²) in [6.07, 6.45) is -1.03. The van der Waals surface area contributed by atoms with Gasteiger partial charge < -0.3 is 9.84 Å². The molecule has 2 atom stereocenters. The normalized spacial score (nSPS) is 13.8. The number of aryl methyl sites for hydroxylation is 3. The Kier molecular flexibility index (Phi) is 4.92. The molecule has 2 unspecified atom stereocenters. The number of aliphatic hydroxyl groups excluding tert-OH is 1. The van der Waals surface area contributed by atoms with Crippen molar-refractivity contribution in [3.8, 4) is 5.75 Å². The van der Waals surface area contributed by atoms with Crippen molar-refractivity contribution in [1.29, 1.82) is 0 Å². The summed E-state index contributed by atoms with van der Waals surface area (Å²) >= 11 is 5.95. The quantitative estimate of drug-likeness (QED) is 0.882. The van der Waals surface area contributed by atoms with E-state index in [0.717, 1.165) is 11.1 Å². The SMILES string of the molecule is Cc1cc(C)c(C(O)C(C)Oc2cccc(Cl)c2)cc1C. The Hall–Kier alpha value is -1.51. The molecule has 0 spiro atoms. The molecule has 2 aromatic carbocycles. The van der Waals surface area contributed by atoms with E-state index >= 15 is 0 Å². The first-order valence-electron chi connectivity index (χ1n) is 7.06. The molecule has 0 radical (unpaired) electrons. The standard InChI is InChI=1S/C18H21ClO2/c1-11-8-13(3)17(9-12(11)2)18(20)14(4)21-16-7-5-6-15(19)10-16/h5-10,14,18,20H,1-4H3. The zero-order valence-corrected chi connectivity index (χ0v) is 13.6. The van der Waals surface area contributed by atoms with Crippen molar-refractivity contribution in [1.82, 2.24) is 0 Å². The van der Waals surface area contributed by atoms with Crippen LogP contribution < -0.4 is 4.74 Å². The zero-order chi connectivity index (χ0) is 15.6. The minimum atomic E-state index is -0.678. The molecule has 112 valence electrons. The number of hydrogen-bond donors (Lipinski definition) is 1. The first-order valence-corrected chi connectivity index (χ1v) is 7.44. The van der Waals surface area contributed by atoms with Gasteiger partial charge in [0.1, 0.15) is 18.0 Å². The largest absolute Gasteiger partial charge is 0.488 e. The van der Waals surface area contributed by atoms with Crippen LogP contribution in [0.15, 0.2) is 36.4 Å². The highest BCUT2D eigenvalue weighted by atomic mass is 35.5. The summed E-state index contributed by atoms with van der Waals surface area (Å²) in [5, 5.41) is 11.2. The lowest BCUT2D eigenvalue weighted by Gasteiger charge is -2.23. The van der Waals surface area contributed by atoms with Crippen molar-refractivity contribution in [2.24, 2.45) is 0 Å². The summed E-state index contributed by atoms with van der Waals surface area (Å²) in [7, 11) is 0. The summed E-state index contributed by atoms with van der Waals surface area (Å²) in [5.41, 5.74) is 4.39. The number of aliphatic hydroxyl groups is 1. The number of hydrogen-bond acceptors (Lipinski definition) is 2. The Labute approximate surface area is 131 Å². The highest BCUT2D eigenvalue weighted by Crippen LogP contribution is 2.27. The van der Waals surface area contributed by atoms with Gasteiger partial charge in [0.2, 0.25) is 0 Å². The molecule has 0 aliphatic rings. The fourth-order valence-corrected chi connectivity index (χ4v) is 2.55. The van der Waals surface area contributed by atoms with Crippen LogP contribution in [0, 0.1) is 20.8 Å². The molecule has 0 aliphatic carbocycles. The lowest BCUT2D eigenvalue weighted by molar-refractivity contribution is 0.0463. The van der Waals surface area contributed by atoms with E-state index in [1.165, 1.54) is 11.1 Å². The maximum Gasteiger partial charge on any atom is 0.126 e. The van der Waals surface area contributed by atoms with Gasteiger partial charge in [-0.3, -0.25) is 0 Å². The molecule has 2 rings (SSSR count). The van der Waals surface area contributed by atoms with Crippen LogP contribution in [0.1, 0.15) is 35.3 Å². The van der Waals surface area contributed by atoms with E-state index in [2.05, 4.69) is 13.0 Å². The molecule has 3 heteroatoms. The van der Waals surface area contributed by atoms with Gasteiger partial charge in [-0.25, -0.2) is 0 Å². The molecular formula is C18H21ClO2. The molecule has 0 heterocycles. The van der Waals surface area contributed by atoms with Crippen molar-refractivity contribution in [3.63, 3.8) is 0 Å². The summed E-state index contributed by atoms with van der Waals surface area (Å²) in [4.78, 5) is 0. The summed E-state index contributed by atoms with van der Waals surface area (Å²) < 4.78 is 5.80. The third-order valence-electron chi connectivity index (χ3n) is 3.76. The molecule has 1 N–H and O–H groups in total. The van der Waals surface area contributed by atoms with E-state index in [0.29, 0.717) is 10.8 Å². The second-order valence-electron chi connectivity index (χ2n) is 5.52. The Morgan fingerprint density at radius 1 is 1.00 bits per heavy atom. The molecule has 0 amide bonds. The first kappa shape index (κ1) is 15.9. The molecule has 2 aromatic rings. The van der Waals surface area contributed by atoms with Crippen molar-refractivity contribution in [2.75, 3.05) is 0 Å². The average Bonchev–Trinajstić information content (AvgIpc) is 2.42. The van der Waals surface area contributed by atoms with Crippen LogP contribution in [0.4, 0.5) is 0 Å². The Morgan fingerprint density at radius 3 is 2.33 bits per heavy atom. The van der Waals surface area contributed by atoms with E-state index in [1.807, 2.05) is 39.0 Å². The van der Waals surface area contributed by atoms with Crippen molar-refractivity contribution >= 4 is 11.6 Å². The van der Waals surface area contributed by atoms with Crippen molar-refractivity contribution < 1.29 is 9.84 Å². The maximum atomic E-state index is 10.6. The number of benzene rings is 2. The van der Waals surface area contributed by atoms with Gasteiger partial charge in [0.15, 0.2) is 0 Å². The Morgan fingerprint density at radius 2 is 1.67 bits per heavy atom. The van der Waals surface area contributed by atoms with Gasteiger partial charge in [-0.05, 0) is 68.1 Å².